The smallest absolute Gasteiger partial charge is 0.410 e. The summed E-state index contributed by atoms with van der Waals surface area (Å²) in [6.07, 6.45) is -3.08. The van der Waals surface area contributed by atoms with Crippen LogP contribution in [-0.4, -0.2) is 12.7 Å². The van der Waals surface area contributed by atoms with Crippen molar-refractivity contribution >= 4 is 0 Å². The maximum absolute atomic E-state index is 12.7. The molecule has 0 spiro atoms. The average molecular weight is 235 g/mol. The first kappa shape index (κ1) is 13.1. The summed E-state index contributed by atoms with van der Waals surface area (Å²) in [7, 11) is 0. The van der Waals surface area contributed by atoms with Crippen molar-refractivity contribution in [3.05, 3.63) is 23.7 Å². The van der Waals surface area contributed by atoms with Gasteiger partial charge in [-0.15, -0.1) is 0 Å². The SMILES string of the molecule is CCCNC(c1ccc(CC)o1)C(F)(F)F. The quantitative estimate of drug-likeness (QED) is 0.845. The van der Waals surface area contributed by atoms with Gasteiger partial charge in [-0.25, -0.2) is 0 Å². The zero-order valence-electron chi connectivity index (χ0n) is 9.40. The van der Waals surface area contributed by atoms with Gasteiger partial charge < -0.3 is 4.42 Å². The molecule has 0 aliphatic heterocycles. The third-order valence-corrected chi connectivity index (χ3v) is 2.24. The summed E-state index contributed by atoms with van der Waals surface area (Å²) in [5.41, 5.74) is 0. The highest BCUT2D eigenvalue weighted by atomic mass is 19.4. The van der Waals surface area contributed by atoms with E-state index in [0.29, 0.717) is 25.1 Å². The number of alkyl halides is 3. The van der Waals surface area contributed by atoms with E-state index in [9.17, 15) is 13.2 Å². The monoisotopic (exact) mass is 235 g/mol. The molecular weight excluding hydrogens is 219 g/mol. The van der Waals surface area contributed by atoms with Crippen molar-refractivity contribution in [2.24, 2.45) is 0 Å². The molecule has 1 N–H and O–H groups in total. The molecule has 1 unspecified atom stereocenters. The summed E-state index contributed by atoms with van der Waals surface area (Å²) < 4.78 is 43.3. The van der Waals surface area contributed by atoms with Crippen molar-refractivity contribution in [2.75, 3.05) is 6.54 Å². The van der Waals surface area contributed by atoms with Crippen molar-refractivity contribution in [2.45, 2.75) is 38.9 Å². The molecule has 0 radical (unpaired) electrons. The lowest BCUT2D eigenvalue weighted by Gasteiger charge is -2.19. The third-order valence-electron chi connectivity index (χ3n) is 2.24. The number of hydrogen-bond acceptors (Lipinski definition) is 2. The Bertz CT molecular complexity index is 319. The highest BCUT2D eigenvalue weighted by molar-refractivity contribution is 5.12. The van der Waals surface area contributed by atoms with E-state index in [-0.39, 0.29) is 5.76 Å². The lowest BCUT2D eigenvalue weighted by Crippen LogP contribution is -2.34. The molecule has 0 bridgehead atoms. The van der Waals surface area contributed by atoms with Gasteiger partial charge in [0.15, 0.2) is 6.04 Å². The average Bonchev–Trinajstić information content (AvgIpc) is 2.65. The lowest BCUT2D eigenvalue weighted by molar-refractivity contribution is -0.161. The van der Waals surface area contributed by atoms with Crippen molar-refractivity contribution < 1.29 is 17.6 Å². The minimum atomic E-state index is -4.32. The van der Waals surface area contributed by atoms with Gasteiger partial charge in [0.05, 0.1) is 0 Å². The first-order valence-electron chi connectivity index (χ1n) is 5.37. The van der Waals surface area contributed by atoms with Crippen LogP contribution in [0.1, 0.15) is 37.8 Å². The Kier molecular flexibility index (Phi) is 4.41. The molecule has 1 rings (SSSR count). The van der Waals surface area contributed by atoms with E-state index in [1.54, 1.807) is 6.07 Å². The molecule has 0 fully saturated rings. The second kappa shape index (κ2) is 5.39. The molecule has 0 saturated heterocycles. The first-order chi connectivity index (χ1) is 7.49. The normalized spacial score (nSPS) is 14.1. The Morgan fingerprint density at radius 2 is 2.00 bits per heavy atom. The molecular formula is C11H16F3NO. The summed E-state index contributed by atoms with van der Waals surface area (Å²) in [5, 5.41) is 2.44. The summed E-state index contributed by atoms with van der Waals surface area (Å²) in [6, 6.07) is 1.27. The lowest BCUT2D eigenvalue weighted by atomic mass is 10.2. The van der Waals surface area contributed by atoms with Gasteiger partial charge in [-0.1, -0.05) is 13.8 Å². The van der Waals surface area contributed by atoms with Crippen LogP contribution in [-0.2, 0) is 6.42 Å². The van der Waals surface area contributed by atoms with Gasteiger partial charge in [0, 0.05) is 6.42 Å². The molecule has 0 aromatic carbocycles. The summed E-state index contributed by atoms with van der Waals surface area (Å²) in [5.74, 6) is 0.514. The minimum absolute atomic E-state index is 0.0576. The minimum Gasteiger partial charge on any atom is -0.464 e. The van der Waals surface area contributed by atoms with Gasteiger partial charge in [0.25, 0.3) is 0 Å². The maximum atomic E-state index is 12.7. The van der Waals surface area contributed by atoms with Crippen LogP contribution in [0.4, 0.5) is 13.2 Å². The predicted octanol–water partition coefficient (Wildman–Crippen LogP) is 3.45. The van der Waals surface area contributed by atoms with Gasteiger partial charge in [0.2, 0.25) is 0 Å². The van der Waals surface area contributed by atoms with Crippen molar-refractivity contribution in [3.8, 4) is 0 Å². The van der Waals surface area contributed by atoms with Gasteiger partial charge in [0.1, 0.15) is 11.5 Å². The van der Waals surface area contributed by atoms with E-state index in [1.807, 2.05) is 13.8 Å². The van der Waals surface area contributed by atoms with Crippen LogP contribution in [0, 0.1) is 0 Å². The van der Waals surface area contributed by atoms with Crippen LogP contribution in [0.25, 0.3) is 0 Å². The van der Waals surface area contributed by atoms with E-state index in [1.165, 1.54) is 6.07 Å². The third kappa shape index (κ3) is 3.27. The molecule has 5 heteroatoms. The molecule has 16 heavy (non-hydrogen) atoms. The standard InChI is InChI=1S/C11H16F3NO/c1-3-7-15-10(11(12,13)14)9-6-5-8(4-2)16-9/h5-6,10,15H,3-4,7H2,1-2H3. The molecule has 1 aromatic rings. The second-order valence-electron chi connectivity index (χ2n) is 3.59. The Balaban J connectivity index is 2.83. The van der Waals surface area contributed by atoms with Gasteiger partial charge in [-0.3, -0.25) is 5.32 Å². The number of nitrogens with one attached hydrogen (secondary N) is 1. The number of halogens is 3. The Labute approximate surface area is 92.8 Å². The van der Waals surface area contributed by atoms with E-state index in [0.717, 1.165) is 0 Å². The molecule has 0 saturated carbocycles. The van der Waals surface area contributed by atoms with E-state index >= 15 is 0 Å². The topological polar surface area (TPSA) is 25.2 Å². The van der Waals surface area contributed by atoms with E-state index in [2.05, 4.69) is 5.32 Å². The van der Waals surface area contributed by atoms with Crippen LogP contribution >= 0.6 is 0 Å². The number of hydrogen-bond donors (Lipinski definition) is 1. The molecule has 0 amide bonds. The van der Waals surface area contributed by atoms with Gasteiger partial charge >= 0.3 is 6.18 Å². The van der Waals surface area contributed by atoms with Gasteiger partial charge in [-0.05, 0) is 25.1 Å². The zero-order chi connectivity index (χ0) is 12.2. The number of aryl methyl sites for hydroxylation is 1. The van der Waals surface area contributed by atoms with Crippen LogP contribution < -0.4 is 5.32 Å². The fraction of sp³-hybridized carbons (Fsp3) is 0.636. The Morgan fingerprint density at radius 3 is 2.44 bits per heavy atom. The van der Waals surface area contributed by atoms with Crippen LogP contribution in [0.2, 0.25) is 0 Å². The first-order valence-corrected chi connectivity index (χ1v) is 5.37. The molecule has 0 aliphatic carbocycles. The van der Waals surface area contributed by atoms with Crippen molar-refractivity contribution in [3.63, 3.8) is 0 Å². The van der Waals surface area contributed by atoms with Gasteiger partial charge in [-0.2, -0.15) is 13.2 Å². The van der Waals surface area contributed by atoms with Crippen LogP contribution in [0.3, 0.4) is 0 Å². The van der Waals surface area contributed by atoms with Crippen molar-refractivity contribution in [1.82, 2.24) is 5.32 Å². The Hall–Kier alpha value is -0.970. The zero-order valence-corrected chi connectivity index (χ0v) is 9.40. The van der Waals surface area contributed by atoms with Crippen LogP contribution in [0.15, 0.2) is 16.5 Å². The fourth-order valence-corrected chi connectivity index (χ4v) is 1.41. The fourth-order valence-electron chi connectivity index (χ4n) is 1.41. The summed E-state index contributed by atoms with van der Waals surface area (Å²) in [4.78, 5) is 0. The summed E-state index contributed by atoms with van der Waals surface area (Å²) >= 11 is 0. The maximum Gasteiger partial charge on any atom is 0.410 e. The highest BCUT2D eigenvalue weighted by Crippen LogP contribution is 2.33. The summed E-state index contributed by atoms with van der Waals surface area (Å²) in [6.45, 7) is 3.97. The molecule has 2 nitrogen and oxygen atoms in total. The molecule has 1 heterocycles. The highest BCUT2D eigenvalue weighted by Gasteiger charge is 2.42. The largest absolute Gasteiger partial charge is 0.464 e. The molecule has 1 aromatic heterocycles. The number of rotatable bonds is 5. The molecule has 92 valence electrons. The molecule has 0 aliphatic rings. The Morgan fingerprint density at radius 1 is 1.31 bits per heavy atom. The molecule has 1 atom stereocenters. The van der Waals surface area contributed by atoms with E-state index < -0.39 is 12.2 Å². The van der Waals surface area contributed by atoms with E-state index in [4.69, 9.17) is 4.42 Å². The van der Waals surface area contributed by atoms with Crippen LogP contribution in [0.5, 0.6) is 0 Å². The number of furan rings is 1. The van der Waals surface area contributed by atoms with Crippen molar-refractivity contribution in [1.29, 1.82) is 0 Å². The second-order valence-corrected chi connectivity index (χ2v) is 3.59. The predicted molar refractivity (Wildman–Crippen MR) is 55.2 cm³/mol.